The summed E-state index contributed by atoms with van der Waals surface area (Å²) >= 11 is 0. The number of amides is 3. The Hall–Kier alpha value is -2.69. The van der Waals surface area contributed by atoms with Crippen molar-refractivity contribution in [2.24, 2.45) is 11.7 Å². The molecule has 0 aromatic rings. The maximum Gasteiger partial charge on any atom is 0.326 e. The maximum atomic E-state index is 12.1. The summed E-state index contributed by atoms with van der Waals surface area (Å²) in [5.41, 5.74) is 5.39. The molecule has 148 valence electrons. The third-order valence-corrected chi connectivity index (χ3v) is 3.37. The van der Waals surface area contributed by atoms with Crippen LogP contribution in [0.1, 0.15) is 33.6 Å². The van der Waals surface area contributed by atoms with E-state index in [1.165, 1.54) is 6.92 Å². The molecule has 0 rings (SSSR count). The van der Waals surface area contributed by atoms with Gasteiger partial charge in [-0.05, 0) is 19.3 Å². The molecular weight excluding hydrogens is 348 g/mol. The monoisotopic (exact) mass is 374 g/mol. The van der Waals surface area contributed by atoms with E-state index in [1.54, 1.807) is 13.8 Å². The highest BCUT2D eigenvalue weighted by Crippen LogP contribution is 2.02. The first-order chi connectivity index (χ1) is 12.0. The number of carbonyl (C=O) groups is 5. The lowest BCUT2D eigenvalue weighted by molar-refractivity contribution is -0.143. The van der Waals surface area contributed by atoms with Crippen molar-refractivity contribution in [2.75, 3.05) is 6.54 Å². The first-order valence-electron chi connectivity index (χ1n) is 8.03. The molecule has 0 aromatic heterocycles. The van der Waals surface area contributed by atoms with E-state index in [-0.39, 0.29) is 18.8 Å². The van der Waals surface area contributed by atoms with Crippen LogP contribution in [-0.2, 0) is 24.0 Å². The SMILES string of the molecule is CC(C)[C@H](NC(=O)CNC(=O)[C@H](CCC(=O)O)NC(=O)[C@H](C)N)C(=O)O. The molecule has 0 unspecified atom stereocenters. The molecule has 11 nitrogen and oxygen atoms in total. The van der Waals surface area contributed by atoms with E-state index in [0.29, 0.717) is 0 Å². The van der Waals surface area contributed by atoms with Crippen molar-refractivity contribution < 1.29 is 34.2 Å². The van der Waals surface area contributed by atoms with Crippen molar-refractivity contribution in [3.05, 3.63) is 0 Å². The average molecular weight is 374 g/mol. The summed E-state index contributed by atoms with van der Waals surface area (Å²) in [6.45, 7) is 4.10. The molecule has 0 saturated heterocycles. The van der Waals surface area contributed by atoms with Gasteiger partial charge in [-0.1, -0.05) is 13.8 Å². The highest BCUT2D eigenvalue weighted by Gasteiger charge is 2.26. The zero-order valence-corrected chi connectivity index (χ0v) is 14.9. The van der Waals surface area contributed by atoms with Crippen LogP contribution in [0.15, 0.2) is 0 Å². The summed E-state index contributed by atoms with van der Waals surface area (Å²) < 4.78 is 0. The maximum absolute atomic E-state index is 12.1. The van der Waals surface area contributed by atoms with Crippen molar-refractivity contribution in [1.29, 1.82) is 0 Å². The Morgan fingerprint density at radius 1 is 0.962 bits per heavy atom. The molecule has 0 heterocycles. The zero-order valence-electron chi connectivity index (χ0n) is 14.9. The molecular formula is C15H26N4O7. The summed E-state index contributed by atoms with van der Waals surface area (Å²) in [5, 5.41) is 24.5. The number of rotatable bonds is 11. The second-order valence-corrected chi connectivity index (χ2v) is 6.13. The standard InChI is InChI=1S/C15H26N4O7/c1-7(2)12(15(25)26)19-10(20)6-17-14(24)9(4-5-11(21)22)18-13(23)8(3)16/h7-9,12H,4-6,16H2,1-3H3,(H,17,24)(H,18,23)(H,19,20)(H,21,22)(H,25,26)/t8-,9-,12-/m0/s1. The van der Waals surface area contributed by atoms with Crippen LogP contribution >= 0.6 is 0 Å². The zero-order chi connectivity index (χ0) is 20.4. The van der Waals surface area contributed by atoms with Crippen molar-refractivity contribution in [3.8, 4) is 0 Å². The van der Waals surface area contributed by atoms with Crippen LogP contribution in [0, 0.1) is 5.92 Å². The minimum Gasteiger partial charge on any atom is -0.481 e. The van der Waals surface area contributed by atoms with Gasteiger partial charge in [-0.2, -0.15) is 0 Å². The Labute approximate surface area is 150 Å². The second-order valence-electron chi connectivity index (χ2n) is 6.13. The predicted octanol–water partition coefficient (Wildman–Crippen LogP) is -1.98. The summed E-state index contributed by atoms with van der Waals surface area (Å²) in [6, 6.07) is -3.20. The van der Waals surface area contributed by atoms with Crippen LogP contribution in [0.25, 0.3) is 0 Å². The van der Waals surface area contributed by atoms with Crippen LogP contribution in [0.5, 0.6) is 0 Å². The summed E-state index contributed by atoms with van der Waals surface area (Å²) in [7, 11) is 0. The van der Waals surface area contributed by atoms with E-state index in [2.05, 4.69) is 16.0 Å². The summed E-state index contributed by atoms with van der Waals surface area (Å²) in [6.07, 6.45) is -0.567. The molecule has 3 amide bonds. The fourth-order valence-corrected chi connectivity index (χ4v) is 1.87. The first-order valence-corrected chi connectivity index (χ1v) is 8.03. The molecule has 0 radical (unpaired) electrons. The van der Waals surface area contributed by atoms with Crippen LogP contribution < -0.4 is 21.7 Å². The Morgan fingerprint density at radius 3 is 1.96 bits per heavy atom. The van der Waals surface area contributed by atoms with Crippen molar-refractivity contribution in [3.63, 3.8) is 0 Å². The fraction of sp³-hybridized carbons (Fsp3) is 0.667. The third kappa shape index (κ3) is 8.97. The van der Waals surface area contributed by atoms with Gasteiger partial charge in [-0.3, -0.25) is 19.2 Å². The molecule has 11 heteroatoms. The topological polar surface area (TPSA) is 188 Å². The van der Waals surface area contributed by atoms with Gasteiger partial charge in [-0.25, -0.2) is 4.79 Å². The lowest BCUT2D eigenvalue weighted by Gasteiger charge is -2.20. The van der Waals surface area contributed by atoms with Gasteiger partial charge in [0, 0.05) is 6.42 Å². The van der Waals surface area contributed by atoms with E-state index < -0.39 is 54.3 Å². The Balaban J connectivity index is 4.76. The summed E-state index contributed by atoms with van der Waals surface area (Å²) in [4.78, 5) is 57.3. The quantitative estimate of drug-likeness (QED) is 0.240. The van der Waals surface area contributed by atoms with Crippen LogP contribution in [0.3, 0.4) is 0 Å². The summed E-state index contributed by atoms with van der Waals surface area (Å²) in [5.74, 6) is -4.87. The van der Waals surface area contributed by atoms with Gasteiger partial charge >= 0.3 is 11.9 Å². The van der Waals surface area contributed by atoms with Crippen LogP contribution in [0.2, 0.25) is 0 Å². The minimum absolute atomic E-state index is 0.189. The highest BCUT2D eigenvalue weighted by molar-refractivity contribution is 5.92. The van der Waals surface area contributed by atoms with E-state index in [0.717, 1.165) is 0 Å². The predicted molar refractivity (Wildman–Crippen MR) is 89.9 cm³/mol. The van der Waals surface area contributed by atoms with E-state index in [1.807, 2.05) is 0 Å². The highest BCUT2D eigenvalue weighted by atomic mass is 16.4. The number of carbonyl (C=O) groups excluding carboxylic acids is 3. The average Bonchev–Trinajstić information content (AvgIpc) is 2.52. The number of nitrogens with two attached hydrogens (primary N) is 1. The molecule has 0 bridgehead atoms. The second kappa shape index (κ2) is 11.0. The Bertz CT molecular complexity index is 548. The Kier molecular flexibility index (Phi) is 9.89. The van der Waals surface area contributed by atoms with E-state index in [9.17, 15) is 24.0 Å². The van der Waals surface area contributed by atoms with Crippen molar-refractivity contribution >= 4 is 29.7 Å². The number of hydrogen-bond acceptors (Lipinski definition) is 6. The third-order valence-electron chi connectivity index (χ3n) is 3.37. The molecule has 0 aromatic carbocycles. The molecule has 0 fully saturated rings. The number of carboxylic acids is 2. The van der Waals surface area contributed by atoms with Gasteiger partial charge in [0.05, 0.1) is 12.6 Å². The molecule has 0 saturated carbocycles. The van der Waals surface area contributed by atoms with Crippen LogP contribution in [-0.4, -0.2) is 64.5 Å². The van der Waals surface area contributed by atoms with Gasteiger partial charge in [0.2, 0.25) is 17.7 Å². The lowest BCUT2D eigenvalue weighted by atomic mass is 10.0. The lowest BCUT2D eigenvalue weighted by Crippen LogP contribution is -2.53. The van der Waals surface area contributed by atoms with E-state index in [4.69, 9.17) is 15.9 Å². The van der Waals surface area contributed by atoms with Gasteiger partial charge in [0.15, 0.2) is 0 Å². The molecule has 0 aliphatic carbocycles. The minimum atomic E-state index is -1.21. The largest absolute Gasteiger partial charge is 0.481 e. The van der Waals surface area contributed by atoms with Gasteiger partial charge in [0.25, 0.3) is 0 Å². The van der Waals surface area contributed by atoms with Gasteiger partial charge < -0.3 is 31.9 Å². The van der Waals surface area contributed by atoms with E-state index >= 15 is 0 Å². The number of nitrogens with one attached hydrogen (secondary N) is 3. The van der Waals surface area contributed by atoms with Gasteiger partial charge in [-0.15, -0.1) is 0 Å². The van der Waals surface area contributed by atoms with Gasteiger partial charge in [0.1, 0.15) is 12.1 Å². The molecule has 3 atom stereocenters. The normalized spacial score (nSPS) is 14.0. The molecule has 0 spiro atoms. The van der Waals surface area contributed by atoms with Crippen molar-refractivity contribution in [2.45, 2.75) is 51.7 Å². The molecule has 26 heavy (non-hydrogen) atoms. The fourth-order valence-electron chi connectivity index (χ4n) is 1.87. The first kappa shape index (κ1) is 23.3. The molecule has 0 aliphatic heterocycles. The Morgan fingerprint density at radius 2 is 1.54 bits per heavy atom. The molecule has 0 aliphatic rings. The number of hydrogen-bond donors (Lipinski definition) is 6. The van der Waals surface area contributed by atoms with Crippen LogP contribution in [0.4, 0.5) is 0 Å². The number of carboxylic acid groups (broad SMARTS) is 2. The number of aliphatic carboxylic acids is 2. The van der Waals surface area contributed by atoms with Crippen molar-refractivity contribution in [1.82, 2.24) is 16.0 Å². The molecule has 7 N–H and O–H groups in total. The smallest absolute Gasteiger partial charge is 0.326 e.